The molecule has 4 heteroatoms. The maximum absolute atomic E-state index is 5.16. The Kier molecular flexibility index (Phi) is 2.78. The van der Waals surface area contributed by atoms with Crippen LogP contribution < -0.4 is 5.32 Å². The molecule has 94 valence electrons. The highest BCUT2D eigenvalue weighted by Crippen LogP contribution is 2.40. The molecule has 0 aromatic carbocycles. The van der Waals surface area contributed by atoms with Gasteiger partial charge in [0.25, 0.3) is 0 Å². The van der Waals surface area contributed by atoms with E-state index in [1.807, 2.05) is 6.07 Å². The van der Waals surface area contributed by atoms with E-state index < -0.39 is 0 Å². The minimum Gasteiger partial charge on any atom is -0.472 e. The Morgan fingerprint density at radius 2 is 2.22 bits per heavy atom. The number of hydrogen-bond acceptors (Lipinski definition) is 4. The third kappa shape index (κ3) is 1.98. The lowest BCUT2D eigenvalue weighted by atomic mass is 10.1. The van der Waals surface area contributed by atoms with E-state index in [-0.39, 0.29) is 0 Å². The number of anilines is 1. The molecular formula is C14H17N3O. The Morgan fingerprint density at radius 1 is 1.39 bits per heavy atom. The molecule has 4 nitrogen and oxygen atoms in total. The number of rotatable bonds is 4. The molecule has 0 bridgehead atoms. The van der Waals surface area contributed by atoms with Crippen molar-refractivity contribution in [2.45, 2.75) is 32.6 Å². The van der Waals surface area contributed by atoms with Crippen molar-refractivity contribution in [2.75, 3.05) is 11.9 Å². The lowest BCUT2D eigenvalue weighted by Gasteiger charge is -2.12. The van der Waals surface area contributed by atoms with E-state index >= 15 is 0 Å². The van der Waals surface area contributed by atoms with Crippen molar-refractivity contribution in [1.29, 1.82) is 0 Å². The molecule has 0 unspecified atom stereocenters. The molecule has 0 spiro atoms. The number of furan rings is 1. The number of hydrogen-bond donors (Lipinski definition) is 1. The maximum Gasteiger partial charge on any atom is 0.134 e. The van der Waals surface area contributed by atoms with Crippen molar-refractivity contribution < 1.29 is 4.42 Å². The van der Waals surface area contributed by atoms with Crippen molar-refractivity contribution in [3.63, 3.8) is 0 Å². The summed E-state index contributed by atoms with van der Waals surface area (Å²) in [7, 11) is 0. The van der Waals surface area contributed by atoms with Crippen LogP contribution in [0.2, 0.25) is 0 Å². The van der Waals surface area contributed by atoms with Crippen LogP contribution >= 0.6 is 0 Å². The average Bonchev–Trinajstić information content (AvgIpc) is 3.08. The van der Waals surface area contributed by atoms with Crippen LogP contribution in [0.5, 0.6) is 0 Å². The number of nitrogens with one attached hydrogen (secondary N) is 1. The predicted molar refractivity (Wildman–Crippen MR) is 70.6 cm³/mol. The topological polar surface area (TPSA) is 51.0 Å². The predicted octanol–water partition coefficient (Wildman–Crippen LogP) is 3.35. The maximum atomic E-state index is 5.16. The van der Waals surface area contributed by atoms with Crippen molar-refractivity contribution in [1.82, 2.24) is 9.97 Å². The largest absolute Gasteiger partial charge is 0.472 e. The van der Waals surface area contributed by atoms with Crippen LogP contribution in [0.3, 0.4) is 0 Å². The minimum absolute atomic E-state index is 0.550. The zero-order valence-corrected chi connectivity index (χ0v) is 10.7. The van der Waals surface area contributed by atoms with Crippen LogP contribution in [0.4, 0.5) is 5.82 Å². The second kappa shape index (κ2) is 4.44. The zero-order valence-electron chi connectivity index (χ0n) is 10.7. The molecule has 0 atom stereocenters. The SMILES string of the molecule is CCNc1nc(C2CC2)nc(-c2ccoc2)c1C. The normalized spacial score (nSPS) is 14.8. The number of nitrogens with zero attached hydrogens (tertiary/aromatic N) is 2. The summed E-state index contributed by atoms with van der Waals surface area (Å²) in [5, 5.41) is 3.32. The minimum atomic E-state index is 0.550. The van der Waals surface area contributed by atoms with Crippen molar-refractivity contribution >= 4 is 5.82 Å². The van der Waals surface area contributed by atoms with Gasteiger partial charge < -0.3 is 9.73 Å². The fourth-order valence-corrected chi connectivity index (χ4v) is 2.08. The summed E-state index contributed by atoms with van der Waals surface area (Å²) in [6.07, 6.45) is 5.83. The van der Waals surface area contributed by atoms with Gasteiger partial charge in [0.2, 0.25) is 0 Å². The zero-order chi connectivity index (χ0) is 12.5. The second-order valence-electron chi connectivity index (χ2n) is 4.72. The smallest absolute Gasteiger partial charge is 0.134 e. The second-order valence-corrected chi connectivity index (χ2v) is 4.72. The molecular weight excluding hydrogens is 226 g/mol. The third-order valence-corrected chi connectivity index (χ3v) is 3.24. The van der Waals surface area contributed by atoms with Gasteiger partial charge in [-0.25, -0.2) is 9.97 Å². The summed E-state index contributed by atoms with van der Waals surface area (Å²) in [5.41, 5.74) is 3.09. The molecule has 1 saturated carbocycles. The van der Waals surface area contributed by atoms with E-state index in [1.165, 1.54) is 12.8 Å². The van der Waals surface area contributed by atoms with Gasteiger partial charge in [-0.15, -0.1) is 0 Å². The van der Waals surface area contributed by atoms with E-state index in [0.29, 0.717) is 5.92 Å². The Hall–Kier alpha value is -1.84. The first-order valence-electron chi connectivity index (χ1n) is 6.44. The highest BCUT2D eigenvalue weighted by atomic mass is 16.3. The summed E-state index contributed by atoms with van der Waals surface area (Å²) in [5.74, 6) is 2.46. The molecule has 1 aliphatic rings. The average molecular weight is 243 g/mol. The van der Waals surface area contributed by atoms with Gasteiger partial charge in [0.15, 0.2) is 0 Å². The summed E-state index contributed by atoms with van der Waals surface area (Å²) >= 11 is 0. The first-order valence-corrected chi connectivity index (χ1v) is 6.44. The monoisotopic (exact) mass is 243 g/mol. The van der Waals surface area contributed by atoms with E-state index in [9.17, 15) is 0 Å². The molecule has 0 aliphatic heterocycles. The fourth-order valence-electron chi connectivity index (χ4n) is 2.08. The lowest BCUT2D eigenvalue weighted by Crippen LogP contribution is -2.07. The van der Waals surface area contributed by atoms with Gasteiger partial charge in [-0.3, -0.25) is 0 Å². The Labute approximate surface area is 106 Å². The van der Waals surface area contributed by atoms with Gasteiger partial charge in [0.05, 0.1) is 18.2 Å². The molecule has 0 saturated heterocycles. The van der Waals surface area contributed by atoms with Crippen LogP contribution in [0.1, 0.15) is 37.1 Å². The first kappa shape index (κ1) is 11.3. The summed E-state index contributed by atoms with van der Waals surface area (Å²) in [6, 6.07) is 1.95. The van der Waals surface area contributed by atoms with Crippen molar-refractivity contribution in [2.24, 2.45) is 0 Å². The Balaban J connectivity index is 2.10. The standard InChI is InChI=1S/C14H17N3O/c1-3-15-13-9(2)12(11-6-7-18-8-11)16-14(17-13)10-4-5-10/h6-8,10H,3-5H2,1-2H3,(H,15,16,17). The van der Waals surface area contributed by atoms with Gasteiger partial charge in [0.1, 0.15) is 11.6 Å². The first-order chi connectivity index (χ1) is 8.79. The van der Waals surface area contributed by atoms with Crippen molar-refractivity contribution in [3.8, 4) is 11.3 Å². The number of aromatic nitrogens is 2. The van der Waals surface area contributed by atoms with Crippen molar-refractivity contribution in [3.05, 3.63) is 30.0 Å². The summed E-state index contributed by atoms with van der Waals surface area (Å²) in [6.45, 7) is 5.00. The van der Waals surface area contributed by atoms with Gasteiger partial charge in [-0.05, 0) is 32.8 Å². The van der Waals surface area contributed by atoms with Gasteiger partial charge >= 0.3 is 0 Å². The Morgan fingerprint density at radius 3 is 2.83 bits per heavy atom. The van der Waals surface area contributed by atoms with Crippen LogP contribution in [0.25, 0.3) is 11.3 Å². The van der Waals surface area contributed by atoms with Crippen LogP contribution in [0.15, 0.2) is 23.0 Å². The highest BCUT2D eigenvalue weighted by molar-refractivity contribution is 5.67. The van der Waals surface area contributed by atoms with Gasteiger partial charge in [-0.1, -0.05) is 0 Å². The quantitative estimate of drug-likeness (QED) is 0.894. The molecule has 1 fully saturated rings. The van der Waals surface area contributed by atoms with E-state index in [0.717, 1.165) is 35.0 Å². The molecule has 18 heavy (non-hydrogen) atoms. The van der Waals surface area contributed by atoms with Crippen LogP contribution in [0, 0.1) is 6.92 Å². The van der Waals surface area contributed by atoms with Crippen LogP contribution in [-0.4, -0.2) is 16.5 Å². The van der Waals surface area contributed by atoms with E-state index in [2.05, 4.69) is 24.1 Å². The van der Waals surface area contributed by atoms with Gasteiger partial charge in [0, 0.05) is 23.6 Å². The highest BCUT2D eigenvalue weighted by Gasteiger charge is 2.28. The van der Waals surface area contributed by atoms with E-state index in [1.54, 1.807) is 12.5 Å². The molecule has 2 heterocycles. The molecule has 2 aromatic rings. The lowest BCUT2D eigenvalue weighted by molar-refractivity contribution is 0.568. The third-order valence-electron chi connectivity index (χ3n) is 3.24. The molecule has 2 aromatic heterocycles. The molecule has 1 aliphatic carbocycles. The van der Waals surface area contributed by atoms with Gasteiger partial charge in [-0.2, -0.15) is 0 Å². The Bertz CT molecular complexity index is 544. The summed E-state index contributed by atoms with van der Waals surface area (Å²) < 4.78 is 5.16. The van der Waals surface area contributed by atoms with E-state index in [4.69, 9.17) is 9.40 Å². The molecule has 1 N–H and O–H groups in total. The fraction of sp³-hybridized carbons (Fsp3) is 0.429. The molecule has 3 rings (SSSR count). The summed E-state index contributed by atoms with van der Waals surface area (Å²) in [4.78, 5) is 9.35. The van der Waals surface area contributed by atoms with Crippen LogP contribution in [-0.2, 0) is 0 Å². The molecule has 0 radical (unpaired) electrons. The molecule has 0 amide bonds.